The van der Waals surface area contributed by atoms with Crippen molar-refractivity contribution in [3.05, 3.63) is 23.2 Å². The van der Waals surface area contributed by atoms with E-state index < -0.39 is 0 Å². The standard InChI is InChI=1S/C6H4ClN3O.H2O/c7-4-1-2-5-6(3-4)10(11)9-8-5;/h1-3,11H;1H2. The number of hydrogen-bond acceptors (Lipinski definition) is 3. The lowest BCUT2D eigenvalue weighted by molar-refractivity contribution is 0.155. The number of halogens is 1. The number of rotatable bonds is 0. The van der Waals surface area contributed by atoms with Gasteiger partial charge in [-0.1, -0.05) is 16.4 Å². The third-order valence-corrected chi connectivity index (χ3v) is 1.63. The Bertz CT molecular complexity index is 401. The molecular weight excluding hydrogens is 182 g/mol. The predicted molar refractivity (Wildman–Crippen MR) is 43.3 cm³/mol. The molecule has 0 atom stereocenters. The van der Waals surface area contributed by atoms with Crippen molar-refractivity contribution in [1.82, 2.24) is 15.2 Å². The third-order valence-electron chi connectivity index (χ3n) is 1.39. The lowest BCUT2D eigenvalue weighted by Crippen LogP contribution is -1.90. The maximum atomic E-state index is 9.02. The van der Waals surface area contributed by atoms with Gasteiger partial charge in [0.05, 0.1) is 0 Å². The van der Waals surface area contributed by atoms with Crippen LogP contribution in [0.4, 0.5) is 0 Å². The average molecular weight is 188 g/mol. The number of aromatic nitrogens is 3. The molecule has 0 aliphatic rings. The van der Waals surface area contributed by atoms with E-state index in [-0.39, 0.29) is 5.48 Å². The summed E-state index contributed by atoms with van der Waals surface area (Å²) in [7, 11) is 0. The summed E-state index contributed by atoms with van der Waals surface area (Å²) >= 11 is 5.67. The van der Waals surface area contributed by atoms with Crippen LogP contribution in [0.5, 0.6) is 0 Å². The highest BCUT2D eigenvalue weighted by atomic mass is 35.5. The first-order chi connectivity index (χ1) is 5.27. The SMILES string of the molecule is O.On1nnc2ccc(Cl)cc21. The van der Waals surface area contributed by atoms with Gasteiger partial charge in [0.25, 0.3) is 0 Å². The zero-order valence-corrected chi connectivity index (χ0v) is 6.65. The van der Waals surface area contributed by atoms with Gasteiger partial charge in [-0.05, 0) is 23.4 Å². The van der Waals surface area contributed by atoms with Crippen LogP contribution >= 0.6 is 11.6 Å². The molecule has 0 radical (unpaired) electrons. The number of fused-ring (bicyclic) bond motifs is 1. The molecule has 0 amide bonds. The molecule has 1 aromatic heterocycles. The van der Waals surface area contributed by atoms with E-state index in [1.54, 1.807) is 18.2 Å². The van der Waals surface area contributed by atoms with Gasteiger partial charge < -0.3 is 10.7 Å². The maximum absolute atomic E-state index is 9.02. The first-order valence-corrected chi connectivity index (χ1v) is 3.35. The molecule has 6 heteroatoms. The van der Waals surface area contributed by atoms with Gasteiger partial charge in [-0.2, -0.15) is 0 Å². The van der Waals surface area contributed by atoms with Crippen molar-refractivity contribution in [2.75, 3.05) is 0 Å². The van der Waals surface area contributed by atoms with Gasteiger partial charge >= 0.3 is 0 Å². The van der Waals surface area contributed by atoms with Crippen LogP contribution in [0.15, 0.2) is 18.2 Å². The number of hydrogen-bond donors (Lipinski definition) is 1. The van der Waals surface area contributed by atoms with Crippen molar-refractivity contribution in [2.24, 2.45) is 0 Å². The molecule has 0 saturated carbocycles. The molecule has 1 heterocycles. The van der Waals surface area contributed by atoms with Crippen LogP contribution in [0, 0.1) is 0 Å². The van der Waals surface area contributed by atoms with Crippen LogP contribution < -0.4 is 0 Å². The van der Waals surface area contributed by atoms with Gasteiger partial charge in [0.2, 0.25) is 0 Å². The summed E-state index contributed by atoms with van der Waals surface area (Å²) in [5.74, 6) is 0. The van der Waals surface area contributed by atoms with Gasteiger partial charge in [-0.15, -0.1) is 5.10 Å². The Hall–Kier alpha value is -1.33. The van der Waals surface area contributed by atoms with Crippen LogP contribution in [0.1, 0.15) is 0 Å². The molecule has 5 nitrogen and oxygen atoms in total. The Morgan fingerprint density at radius 1 is 1.42 bits per heavy atom. The Kier molecular flexibility index (Phi) is 2.16. The fourth-order valence-corrected chi connectivity index (χ4v) is 1.05. The third kappa shape index (κ3) is 1.19. The Morgan fingerprint density at radius 3 is 2.92 bits per heavy atom. The normalized spacial score (nSPS) is 9.75. The largest absolute Gasteiger partial charge is 0.412 e. The summed E-state index contributed by atoms with van der Waals surface area (Å²) in [6.45, 7) is 0. The fraction of sp³-hybridized carbons (Fsp3) is 0. The molecule has 1 aromatic carbocycles. The van der Waals surface area contributed by atoms with Gasteiger partial charge in [0.1, 0.15) is 11.0 Å². The molecule has 64 valence electrons. The van der Waals surface area contributed by atoms with Crippen LogP contribution in [0.2, 0.25) is 5.02 Å². The molecule has 0 spiro atoms. The minimum Gasteiger partial charge on any atom is -0.412 e. The van der Waals surface area contributed by atoms with E-state index in [4.69, 9.17) is 16.8 Å². The average Bonchev–Trinajstić information content (AvgIpc) is 2.33. The van der Waals surface area contributed by atoms with Crippen LogP contribution in [0.3, 0.4) is 0 Å². The number of benzene rings is 1. The highest BCUT2D eigenvalue weighted by Crippen LogP contribution is 2.15. The lowest BCUT2D eigenvalue weighted by Gasteiger charge is -1.89. The van der Waals surface area contributed by atoms with E-state index in [0.717, 1.165) is 0 Å². The first-order valence-electron chi connectivity index (χ1n) is 2.97. The van der Waals surface area contributed by atoms with Crippen molar-refractivity contribution in [3.8, 4) is 0 Å². The molecule has 0 saturated heterocycles. The second-order valence-corrected chi connectivity index (χ2v) is 2.55. The van der Waals surface area contributed by atoms with E-state index in [1.165, 1.54) is 0 Å². The second-order valence-electron chi connectivity index (χ2n) is 2.11. The predicted octanol–water partition coefficient (Wildman–Crippen LogP) is 0.497. The van der Waals surface area contributed by atoms with Crippen molar-refractivity contribution < 1.29 is 10.7 Å². The molecule has 3 N–H and O–H groups in total. The van der Waals surface area contributed by atoms with Crippen LogP contribution in [-0.2, 0) is 0 Å². The zero-order chi connectivity index (χ0) is 7.84. The van der Waals surface area contributed by atoms with Crippen LogP contribution in [-0.4, -0.2) is 25.8 Å². The van der Waals surface area contributed by atoms with Crippen LogP contribution in [0.25, 0.3) is 11.0 Å². The molecule has 2 rings (SSSR count). The quantitative estimate of drug-likeness (QED) is 0.610. The maximum Gasteiger partial charge on any atom is 0.132 e. The molecule has 12 heavy (non-hydrogen) atoms. The van der Waals surface area contributed by atoms with Gasteiger partial charge in [0, 0.05) is 5.02 Å². The summed E-state index contributed by atoms with van der Waals surface area (Å²) < 4.78 is 0. The van der Waals surface area contributed by atoms with E-state index >= 15 is 0 Å². The van der Waals surface area contributed by atoms with Crippen molar-refractivity contribution >= 4 is 22.6 Å². The highest BCUT2D eigenvalue weighted by Gasteiger charge is 2.01. The van der Waals surface area contributed by atoms with E-state index in [0.29, 0.717) is 20.9 Å². The Morgan fingerprint density at radius 2 is 2.17 bits per heavy atom. The zero-order valence-electron chi connectivity index (χ0n) is 5.90. The molecule has 0 aliphatic heterocycles. The summed E-state index contributed by atoms with van der Waals surface area (Å²) in [5.41, 5.74) is 1.13. The Balaban J connectivity index is 0.000000720. The fourth-order valence-electron chi connectivity index (χ4n) is 0.880. The van der Waals surface area contributed by atoms with Crippen molar-refractivity contribution in [1.29, 1.82) is 0 Å². The highest BCUT2D eigenvalue weighted by molar-refractivity contribution is 6.31. The summed E-state index contributed by atoms with van der Waals surface area (Å²) in [5, 5.41) is 16.6. The van der Waals surface area contributed by atoms with Crippen molar-refractivity contribution in [3.63, 3.8) is 0 Å². The minimum atomic E-state index is 0. The molecule has 2 aromatic rings. The first kappa shape index (κ1) is 8.76. The summed E-state index contributed by atoms with van der Waals surface area (Å²) in [6.07, 6.45) is 0. The van der Waals surface area contributed by atoms with Crippen molar-refractivity contribution in [2.45, 2.75) is 0 Å². The monoisotopic (exact) mass is 187 g/mol. The molecule has 0 aliphatic carbocycles. The van der Waals surface area contributed by atoms with Gasteiger partial charge in [0.15, 0.2) is 0 Å². The van der Waals surface area contributed by atoms with E-state index in [9.17, 15) is 0 Å². The van der Waals surface area contributed by atoms with E-state index in [2.05, 4.69) is 10.3 Å². The van der Waals surface area contributed by atoms with Gasteiger partial charge in [-0.3, -0.25) is 0 Å². The Labute approximate surface area is 72.4 Å². The molecule has 0 bridgehead atoms. The smallest absolute Gasteiger partial charge is 0.132 e. The molecular formula is C6H6ClN3O2. The van der Waals surface area contributed by atoms with E-state index in [1.807, 2.05) is 0 Å². The topological polar surface area (TPSA) is 82.4 Å². The molecule has 0 unspecified atom stereocenters. The van der Waals surface area contributed by atoms with Gasteiger partial charge in [-0.25, -0.2) is 0 Å². The lowest BCUT2D eigenvalue weighted by atomic mass is 10.3. The summed E-state index contributed by atoms with van der Waals surface area (Å²) in [6, 6.07) is 4.98. The molecule has 0 fully saturated rings. The second kappa shape index (κ2) is 2.96. The number of nitrogens with zero attached hydrogens (tertiary/aromatic N) is 3. The summed E-state index contributed by atoms with van der Waals surface area (Å²) in [4.78, 5) is 0.696. The minimum absolute atomic E-state index is 0.